The molecule has 20 heavy (non-hydrogen) atoms. The summed E-state index contributed by atoms with van der Waals surface area (Å²) in [5.74, 6) is 0.844. The lowest BCUT2D eigenvalue weighted by molar-refractivity contribution is 0.195. The Morgan fingerprint density at radius 1 is 1.15 bits per heavy atom. The number of hydrogen-bond donors (Lipinski definition) is 1. The van der Waals surface area contributed by atoms with Gasteiger partial charge in [0.1, 0.15) is 11.5 Å². The van der Waals surface area contributed by atoms with Crippen LogP contribution in [0.4, 0.5) is 0 Å². The second kappa shape index (κ2) is 6.15. The molecule has 1 atom stereocenters. The molecule has 0 aromatic heterocycles. The number of aliphatic hydroxyl groups excluding tert-OH is 1. The molecule has 0 saturated heterocycles. The summed E-state index contributed by atoms with van der Waals surface area (Å²) >= 11 is 11.8. The van der Waals surface area contributed by atoms with Crippen molar-refractivity contribution < 1.29 is 9.84 Å². The van der Waals surface area contributed by atoms with Crippen LogP contribution in [-0.4, -0.2) is 5.11 Å². The Balaban J connectivity index is 2.43. The third-order valence-electron chi connectivity index (χ3n) is 2.66. The third kappa shape index (κ3) is 3.43. The Morgan fingerprint density at radius 3 is 2.35 bits per heavy atom. The highest BCUT2D eigenvalue weighted by molar-refractivity contribution is 6.34. The largest absolute Gasteiger partial charge is 0.457 e. The maximum Gasteiger partial charge on any atom is 0.134 e. The molecule has 0 radical (unpaired) electrons. The van der Waals surface area contributed by atoms with Crippen LogP contribution in [-0.2, 0) is 0 Å². The third-order valence-corrected chi connectivity index (χ3v) is 3.09. The monoisotopic (exact) mass is 307 g/mol. The van der Waals surface area contributed by atoms with E-state index >= 15 is 0 Å². The van der Waals surface area contributed by atoms with Crippen molar-refractivity contribution in [3.63, 3.8) is 0 Å². The fourth-order valence-corrected chi connectivity index (χ4v) is 2.26. The number of halogens is 2. The first-order valence-corrected chi connectivity index (χ1v) is 6.61. The molecule has 0 spiro atoms. The van der Waals surface area contributed by atoms with Gasteiger partial charge in [0.05, 0.1) is 17.7 Å². The zero-order chi connectivity index (χ0) is 14.7. The molecule has 1 N–H and O–H groups in total. The van der Waals surface area contributed by atoms with Crippen molar-refractivity contribution in [2.24, 2.45) is 0 Å². The summed E-state index contributed by atoms with van der Waals surface area (Å²) in [4.78, 5) is 0. The van der Waals surface area contributed by atoms with E-state index in [1.165, 1.54) is 0 Å². The summed E-state index contributed by atoms with van der Waals surface area (Å²) in [6, 6.07) is 11.7. The van der Waals surface area contributed by atoms with Crippen LogP contribution in [0.25, 0.3) is 0 Å². The van der Waals surface area contributed by atoms with E-state index < -0.39 is 6.10 Å². The van der Waals surface area contributed by atoms with Gasteiger partial charge in [-0.2, -0.15) is 5.26 Å². The average molecular weight is 308 g/mol. The lowest BCUT2D eigenvalue weighted by Crippen LogP contribution is -1.97. The van der Waals surface area contributed by atoms with E-state index in [0.29, 0.717) is 32.7 Å². The molecule has 2 aromatic carbocycles. The van der Waals surface area contributed by atoms with Crippen molar-refractivity contribution in [3.05, 3.63) is 57.6 Å². The normalized spacial score (nSPS) is 11.8. The second-order valence-electron chi connectivity index (χ2n) is 4.25. The predicted molar refractivity (Wildman–Crippen MR) is 78.3 cm³/mol. The van der Waals surface area contributed by atoms with Crippen molar-refractivity contribution in [2.75, 3.05) is 0 Å². The fourth-order valence-electron chi connectivity index (χ4n) is 1.75. The van der Waals surface area contributed by atoms with Crippen LogP contribution in [0.15, 0.2) is 36.4 Å². The lowest BCUT2D eigenvalue weighted by atomic mass is 10.1. The molecule has 0 saturated carbocycles. The highest BCUT2D eigenvalue weighted by Crippen LogP contribution is 2.33. The van der Waals surface area contributed by atoms with Crippen LogP contribution in [0.2, 0.25) is 10.0 Å². The van der Waals surface area contributed by atoms with Gasteiger partial charge in [0.25, 0.3) is 0 Å². The summed E-state index contributed by atoms with van der Waals surface area (Å²) in [5, 5.41) is 19.6. The van der Waals surface area contributed by atoms with Crippen LogP contribution < -0.4 is 4.74 Å². The van der Waals surface area contributed by atoms with Gasteiger partial charge in [-0.1, -0.05) is 29.3 Å². The Hall–Kier alpha value is -1.73. The molecule has 1 unspecified atom stereocenters. The first-order chi connectivity index (χ1) is 9.49. The number of nitriles is 1. The average Bonchev–Trinajstić information content (AvgIpc) is 2.37. The molecule has 0 aliphatic heterocycles. The van der Waals surface area contributed by atoms with Crippen LogP contribution in [0.3, 0.4) is 0 Å². The summed E-state index contributed by atoms with van der Waals surface area (Å²) in [6.45, 7) is 1.62. The topological polar surface area (TPSA) is 53.2 Å². The second-order valence-corrected chi connectivity index (χ2v) is 5.12. The quantitative estimate of drug-likeness (QED) is 0.893. The zero-order valence-electron chi connectivity index (χ0n) is 10.6. The van der Waals surface area contributed by atoms with E-state index in [1.807, 2.05) is 6.07 Å². The number of ether oxygens (including phenoxy) is 1. The molecule has 0 fully saturated rings. The SMILES string of the molecule is CC(O)c1ccc(C#N)cc1Oc1cc(Cl)cc(Cl)c1. The molecule has 2 aromatic rings. The fraction of sp³-hybridized carbons (Fsp3) is 0.133. The first-order valence-electron chi connectivity index (χ1n) is 5.85. The van der Waals surface area contributed by atoms with Gasteiger partial charge in [0.2, 0.25) is 0 Å². The number of rotatable bonds is 3. The van der Waals surface area contributed by atoms with Crippen molar-refractivity contribution >= 4 is 23.2 Å². The smallest absolute Gasteiger partial charge is 0.134 e. The zero-order valence-corrected chi connectivity index (χ0v) is 12.1. The molecular formula is C15H11Cl2NO2. The molecule has 0 heterocycles. The molecule has 0 aliphatic rings. The standard InChI is InChI=1S/C15H11Cl2NO2/c1-9(19)14-3-2-10(8-18)4-15(14)20-13-6-11(16)5-12(17)7-13/h2-7,9,19H,1H3. The van der Waals surface area contributed by atoms with Crippen molar-refractivity contribution in [1.29, 1.82) is 5.26 Å². The number of nitrogens with zero attached hydrogens (tertiary/aromatic N) is 1. The van der Waals surface area contributed by atoms with Gasteiger partial charge in [-0.05, 0) is 37.3 Å². The van der Waals surface area contributed by atoms with Crippen LogP contribution in [0, 0.1) is 11.3 Å². The van der Waals surface area contributed by atoms with Gasteiger partial charge >= 0.3 is 0 Å². The van der Waals surface area contributed by atoms with E-state index in [1.54, 1.807) is 43.3 Å². The molecule has 102 valence electrons. The van der Waals surface area contributed by atoms with Gasteiger partial charge < -0.3 is 9.84 Å². The Labute approximate surface area is 126 Å². The van der Waals surface area contributed by atoms with Gasteiger partial charge in [-0.25, -0.2) is 0 Å². The van der Waals surface area contributed by atoms with E-state index in [9.17, 15) is 5.11 Å². The summed E-state index contributed by atoms with van der Waals surface area (Å²) in [6.07, 6.45) is -0.715. The molecular weight excluding hydrogens is 297 g/mol. The molecule has 0 bridgehead atoms. The van der Waals surface area contributed by atoms with E-state index in [4.69, 9.17) is 33.2 Å². The number of benzene rings is 2. The van der Waals surface area contributed by atoms with Crippen LogP contribution in [0.1, 0.15) is 24.2 Å². The maximum atomic E-state index is 9.74. The van der Waals surface area contributed by atoms with Crippen molar-refractivity contribution in [3.8, 4) is 17.6 Å². The molecule has 0 amide bonds. The summed E-state index contributed by atoms with van der Waals surface area (Å²) < 4.78 is 5.69. The lowest BCUT2D eigenvalue weighted by Gasteiger charge is -2.14. The van der Waals surface area contributed by atoms with Gasteiger partial charge in [0, 0.05) is 15.6 Å². The first kappa shape index (κ1) is 14.7. The van der Waals surface area contributed by atoms with Crippen LogP contribution in [0.5, 0.6) is 11.5 Å². The summed E-state index contributed by atoms with van der Waals surface area (Å²) in [7, 11) is 0. The Morgan fingerprint density at radius 2 is 1.80 bits per heavy atom. The molecule has 0 aliphatic carbocycles. The Bertz CT molecular complexity index is 658. The summed E-state index contributed by atoms with van der Waals surface area (Å²) in [5.41, 5.74) is 1.03. The van der Waals surface area contributed by atoms with Gasteiger partial charge in [-0.3, -0.25) is 0 Å². The minimum absolute atomic E-state index is 0.400. The van der Waals surface area contributed by atoms with Crippen molar-refractivity contribution in [1.82, 2.24) is 0 Å². The number of aliphatic hydroxyl groups is 1. The van der Waals surface area contributed by atoms with E-state index in [2.05, 4.69) is 0 Å². The minimum atomic E-state index is -0.715. The highest BCUT2D eigenvalue weighted by Gasteiger charge is 2.12. The van der Waals surface area contributed by atoms with Crippen molar-refractivity contribution in [2.45, 2.75) is 13.0 Å². The van der Waals surface area contributed by atoms with Gasteiger partial charge in [-0.15, -0.1) is 0 Å². The predicted octanol–water partition coefficient (Wildman–Crippen LogP) is 4.71. The molecule has 2 rings (SSSR count). The van der Waals surface area contributed by atoms with Crippen LogP contribution >= 0.6 is 23.2 Å². The maximum absolute atomic E-state index is 9.74. The Kier molecular flexibility index (Phi) is 4.51. The van der Waals surface area contributed by atoms with E-state index in [0.717, 1.165) is 0 Å². The van der Waals surface area contributed by atoms with Gasteiger partial charge in [0.15, 0.2) is 0 Å². The minimum Gasteiger partial charge on any atom is -0.457 e. The number of hydrogen-bond acceptors (Lipinski definition) is 3. The molecule has 3 nitrogen and oxygen atoms in total. The molecule has 5 heteroatoms. The van der Waals surface area contributed by atoms with E-state index in [-0.39, 0.29) is 0 Å². The highest BCUT2D eigenvalue weighted by atomic mass is 35.5.